The molecule has 4 aromatic rings. The van der Waals surface area contributed by atoms with Crippen molar-refractivity contribution in [3.8, 4) is 5.75 Å². The first kappa shape index (κ1) is 26.3. The fourth-order valence-corrected chi connectivity index (χ4v) is 3.53. The van der Waals surface area contributed by atoms with Gasteiger partial charge in [0.25, 0.3) is 12.3 Å². The van der Waals surface area contributed by atoms with Crippen LogP contribution >= 0.6 is 23.2 Å². The Morgan fingerprint density at radius 1 is 1.11 bits per heavy atom. The van der Waals surface area contributed by atoms with E-state index in [1.165, 1.54) is 12.4 Å². The minimum Gasteiger partial charge on any atom is -0.483 e. The smallest absolute Gasteiger partial charge is 0.422 e. The van der Waals surface area contributed by atoms with E-state index in [4.69, 9.17) is 27.9 Å². The van der Waals surface area contributed by atoms with Gasteiger partial charge in [0.2, 0.25) is 5.95 Å². The number of carbonyl (C=O) groups excluding carboxylic acids is 1. The average Bonchev–Trinajstić information content (AvgIpc) is 3.21. The predicted octanol–water partition coefficient (Wildman–Crippen LogP) is 6.67. The Morgan fingerprint density at radius 2 is 1.81 bits per heavy atom. The Morgan fingerprint density at radius 3 is 2.46 bits per heavy atom. The fraction of sp³-hybridized carbons (Fsp3) is 0.143. The number of carbonyl (C=O) groups is 1. The zero-order chi connectivity index (χ0) is 26.9. The molecule has 0 unspecified atom stereocenters. The van der Waals surface area contributed by atoms with E-state index in [0.29, 0.717) is 12.3 Å². The summed E-state index contributed by atoms with van der Waals surface area (Å²) in [6, 6.07) is 2.80. The molecule has 1 amide bonds. The van der Waals surface area contributed by atoms with Gasteiger partial charge in [-0.25, -0.2) is 23.1 Å². The van der Waals surface area contributed by atoms with E-state index in [1.807, 2.05) is 0 Å². The molecular weight excluding hydrogens is 553 g/mol. The molecule has 0 saturated carbocycles. The van der Waals surface area contributed by atoms with Gasteiger partial charge in [0, 0.05) is 18.5 Å². The van der Waals surface area contributed by atoms with E-state index < -0.39 is 53.6 Å². The molecule has 0 bridgehead atoms. The molecule has 16 heteroatoms. The first-order valence-electron chi connectivity index (χ1n) is 9.95. The van der Waals surface area contributed by atoms with E-state index in [-0.39, 0.29) is 32.7 Å². The maximum Gasteiger partial charge on any atom is 0.422 e. The lowest BCUT2D eigenvalue weighted by Gasteiger charge is -2.13. The highest BCUT2D eigenvalue weighted by atomic mass is 35.5. The van der Waals surface area contributed by atoms with Crippen molar-refractivity contribution in [1.29, 1.82) is 0 Å². The third-order valence-electron chi connectivity index (χ3n) is 4.68. The molecule has 0 aliphatic carbocycles. The second-order valence-corrected chi connectivity index (χ2v) is 8.12. The summed E-state index contributed by atoms with van der Waals surface area (Å²) in [6.07, 6.45) is -4.83. The van der Waals surface area contributed by atoms with E-state index in [2.05, 4.69) is 30.6 Å². The number of benzene rings is 1. The Labute approximate surface area is 213 Å². The Hall–Kier alpha value is -3.78. The number of amides is 1. The first-order valence-corrected chi connectivity index (χ1v) is 10.7. The van der Waals surface area contributed by atoms with Crippen LogP contribution in [-0.4, -0.2) is 38.6 Å². The molecule has 3 N–H and O–H groups in total. The summed E-state index contributed by atoms with van der Waals surface area (Å²) in [6.45, 7) is -1.73. The molecule has 0 saturated heterocycles. The molecule has 1 aromatic carbocycles. The average molecular weight is 565 g/mol. The summed E-state index contributed by atoms with van der Waals surface area (Å²) in [5.41, 5.74) is -0.947. The third-order valence-corrected chi connectivity index (χ3v) is 5.25. The molecule has 0 radical (unpaired) electrons. The lowest BCUT2D eigenvalue weighted by atomic mass is 10.1. The standard InChI is InChI=1S/C21H12Cl2F6N6O2/c22-10-4-30-5-11(23)17(10)35-20-32-13-1-9(15(3-14(13)33-20)37-7-21(27,28)29)19(36)34-16-2-8(18(25)26)12(24)6-31-16/h1-6,18H,7H2,(H,31,34,36)(H2,30,32,33,35). The minimum absolute atomic E-state index is 0.0612. The summed E-state index contributed by atoms with van der Waals surface area (Å²) in [5.74, 6) is -3.28. The fourth-order valence-electron chi connectivity index (χ4n) is 3.08. The Kier molecular flexibility index (Phi) is 7.32. The van der Waals surface area contributed by atoms with Crippen molar-refractivity contribution in [2.75, 3.05) is 17.2 Å². The van der Waals surface area contributed by atoms with Crippen LogP contribution in [0.3, 0.4) is 0 Å². The predicted molar refractivity (Wildman–Crippen MR) is 122 cm³/mol. The number of nitrogens with zero attached hydrogens (tertiary/aromatic N) is 3. The van der Waals surface area contributed by atoms with Crippen molar-refractivity contribution < 1.29 is 35.9 Å². The maximum absolute atomic E-state index is 13.5. The zero-order valence-corrected chi connectivity index (χ0v) is 19.4. The summed E-state index contributed by atoms with van der Waals surface area (Å²) < 4.78 is 82.7. The third kappa shape index (κ3) is 6.14. The summed E-state index contributed by atoms with van der Waals surface area (Å²) in [4.78, 5) is 27.2. The molecule has 194 valence electrons. The number of H-pyrrole nitrogens is 1. The van der Waals surface area contributed by atoms with Gasteiger partial charge in [-0.3, -0.25) is 9.78 Å². The van der Waals surface area contributed by atoms with Gasteiger partial charge in [-0.15, -0.1) is 0 Å². The van der Waals surface area contributed by atoms with Crippen LogP contribution < -0.4 is 15.4 Å². The molecule has 3 heterocycles. The summed E-state index contributed by atoms with van der Waals surface area (Å²) in [7, 11) is 0. The highest BCUT2D eigenvalue weighted by Gasteiger charge is 2.30. The number of hydrogen-bond acceptors (Lipinski definition) is 6. The van der Waals surface area contributed by atoms with Gasteiger partial charge >= 0.3 is 6.18 Å². The van der Waals surface area contributed by atoms with Gasteiger partial charge in [-0.2, -0.15) is 13.2 Å². The van der Waals surface area contributed by atoms with Crippen molar-refractivity contribution in [2.45, 2.75) is 12.6 Å². The SMILES string of the molecule is O=C(Nc1cc(C(F)F)c(F)cn1)c1cc2nc(Nc3c(Cl)cncc3Cl)[nH]c2cc1OCC(F)(F)F. The molecule has 37 heavy (non-hydrogen) atoms. The number of pyridine rings is 2. The molecule has 0 aliphatic rings. The van der Waals surface area contributed by atoms with Gasteiger partial charge in [-0.1, -0.05) is 23.2 Å². The van der Waals surface area contributed by atoms with Gasteiger partial charge in [0.1, 0.15) is 11.6 Å². The van der Waals surface area contributed by atoms with E-state index >= 15 is 0 Å². The maximum atomic E-state index is 13.5. The normalized spacial score (nSPS) is 11.7. The number of halogens is 8. The number of rotatable bonds is 7. The van der Waals surface area contributed by atoms with Crippen LogP contribution in [0.4, 0.5) is 43.8 Å². The van der Waals surface area contributed by atoms with Gasteiger partial charge < -0.3 is 20.4 Å². The topological polar surface area (TPSA) is 105 Å². The quantitative estimate of drug-likeness (QED) is 0.216. The number of aromatic amines is 1. The molecule has 8 nitrogen and oxygen atoms in total. The number of anilines is 3. The van der Waals surface area contributed by atoms with Gasteiger partial charge in [0.15, 0.2) is 12.4 Å². The van der Waals surface area contributed by atoms with Gasteiger partial charge in [-0.05, 0) is 12.1 Å². The van der Waals surface area contributed by atoms with Crippen molar-refractivity contribution >= 4 is 57.6 Å². The monoisotopic (exact) mass is 564 g/mol. The highest BCUT2D eigenvalue weighted by Crippen LogP contribution is 2.33. The Balaban J connectivity index is 1.70. The molecule has 3 aromatic heterocycles. The summed E-state index contributed by atoms with van der Waals surface area (Å²) in [5, 5.41) is 5.25. The molecule has 0 spiro atoms. The van der Waals surface area contributed by atoms with Crippen LogP contribution in [0.15, 0.2) is 36.8 Å². The van der Waals surface area contributed by atoms with Crippen LogP contribution in [0.1, 0.15) is 22.3 Å². The second kappa shape index (κ2) is 10.3. The first-order chi connectivity index (χ1) is 17.4. The van der Waals surface area contributed by atoms with Gasteiger partial charge in [0.05, 0.1) is 44.1 Å². The van der Waals surface area contributed by atoms with E-state index in [9.17, 15) is 31.1 Å². The molecule has 0 aliphatic heterocycles. The van der Waals surface area contributed by atoms with Crippen LogP contribution in [-0.2, 0) is 0 Å². The van der Waals surface area contributed by atoms with Crippen LogP contribution in [0, 0.1) is 5.82 Å². The molecular formula is C21H12Cl2F6N6O2. The number of ether oxygens (including phenoxy) is 1. The number of fused-ring (bicyclic) bond motifs is 1. The molecule has 4 rings (SSSR count). The molecule has 0 atom stereocenters. The number of aromatic nitrogens is 4. The number of hydrogen-bond donors (Lipinski definition) is 3. The van der Waals surface area contributed by atoms with Crippen molar-refractivity contribution in [1.82, 2.24) is 19.9 Å². The zero-order valence-electron chi connectivity index (χ0n) is 17.9. The number of imidazole rings is 1. The van der Waals surface area contributed by atoms with Crippen LogP contribution in [0.2, 0.25) is 10.0 Å². The lowest BCUT2D eigenvalue weighted by Crippen LogP contribution is -2.21. The largest absolute Gasteiger partial charge is 0.483 e. The molecule has 0 fully saturated rings. The van der Waals surface area contributed by atoms with E-state index in [0.717, 1.165) is 12.1 Å². The Bertz CT molecular complexity index is 1460. The van der Waals surface area contributed by atoms with Crippen molar-refractivity contribution in [3.63, 3.8) is 0 Å². The number of nitrogens with one attached hydrogen (secondary N) is 3. The van der Waals surface area contributed by atoms with Crippen LogP contribution in [0.5, 0.6) is 5.75 Å². The second-order valence-electron chi connectivity index (χ2n) is 7.30. The summed E-state index contributed by atoms with van der Waals surface area (Å²) >= 11 is 12.1. The minimum atomic E-state index is -4.73. The van der Waals surface area contributed by atoms with Crippen molar-refractivity contribution in [3.05, 3.63) is 63.8 Å². The van der Waals surface area contributed by atoms with E-state index in [1.54, 1.807) is 0 Å². The lowest BCUT2D eigenvalue weighted by molar-refractivity contribution is -0.153. The van der Waals surface area contributed by atoms with Crippen molar-refractivity contribution in [2.24, 2.45) is 0 Å². The highest BCUT2D eigenvalue weighted by molar-refractivity contribution is 6.39. The number of alkyl halides is 5. The van der Waals surface area contributed by atoms with Crippen LogP contribution in [0.25, 0.3) is 11.0 Å².